The van der Waals surface area contributed by atoms with Gasteiger partial charge in [-0.05, 0) is 36.4 Å². The van der Waals surface area contributed by atoms with Gasteiger partial charge in [-0.2, -0.15) is 0 Å². The number of benzene rings is 2. The van der Waals surface area contributed by atoms with Gasteiger partial charge in [-0.25, -0.2) is 5.48 Å². The molecule has 0 bridgehead atoms. The molecule has 0 aliphatic carbocycles. The average molecular weight is 301 g/mol. The summed E-state index contributed by atoms with van der Waals surface area (Å²) in [6, 6.07) is 11.0. The van der Waals surface area contributed by atoms with Gasteiger partial charge < -0.3 is 5.32 Å². The molecule has 0 saturated carbocycles. The van der Waals surface area contributed by atoms with E-state index in [4.69, 9.17) is 5.21 Å². The van der Waals surface area contributed by atoms with Gasteiger partial charge in [-0.3, -0.25) is 24.9 Å². The first-order valence-corrected chi connectivity index (χ1v) is 6.11. The quantitative estimate of drug-likeness (QED) is 0.453. The Bertz CT molecular complexity index is 710. The van der Waals surface area contributed by atoms with Crippen molar-refractivity contribution in [3.8, 4) is 0 Å². The number of hydroxylamine groups is 1. The maximum Gasteiger partial charge on any atom is 0.274 e. The van der Waals surface area contributed by atoms with Gasteiger partial charge in [0, 0.05) is 28.9 Å². The fourth-order valence-electron chi connectivity index (χ4n) is 1.71. The first-order chi connectivity index (χ1) is 10.5. The summed E-state index contributed by atoms with van der Waals surface area (Å²) >= 11 is 0. The zero-order valence-electron chi connectivity index (χ0n) is 11.1. The van der Waals surface area contributed by atoms with Crippen LogP contribution in [0.5, 0.6) is 0 Å². The lowest BCUT2D eigenvalue weighted by molar-refractivity contribution is -0.384. The van der Waals surface area contributed by atoms with E-state index in [0.717, 1.165) is 0 Å². The molecule has 0 aliphatic heterocycles. The van der Waals surface area contributed by atoms with Crippen LogP contribution < -0.4 is 10.8 Å². The standard InChI is InChI=1S/C14H11N3O5/c18-13(9-3-7-12(8-4-9)17(21)22)15-11-5-1-10(2-6-11)14(19)16-20/h1-8,20H,(H,15,18)(H,16,19). The second-order valence-electron chi connectivity index (χ2n) is 4.28. The first-order valence-electron chi connectivity index (χ1n) is 6.11. The minimum Gasteiger partial charge on any atom is -0.322 e. The zero-order chi connectivity index (χ0) is 16.1. The summed E-state index contributed by atoms with van der Waals surface area (Å²) in [6.07, 6.45) is 0. The Morgan fingerprint density at radius 3 is 1.91 bits per heavy atom. The molecule has 8 heteroatoms. The van der Waals surface area contributed by atoms with Crippen molar-refractivity contribution in [2.45, 2.75) is 0 Å². The summed E-state index contributed by atoms with van der Waals surface area (Å²) in [5.74, 6) is -1.09. The van der Waals surface area contributed by atoms with Crippen LogP contribution in [0.25, 0.3) is 0 Å². The van der Waals surface area contributed by atoms with Gasteiger partial charge in [-0.1, -0.05) is 0 Å². The normalized spacial score (nSPS) is 9.86. The molecule has 2 rings (SSSR count). The summed E-state index contributed by atoms with van der Waals surface area (Å²) in [4.78, 5) is 33.1. The van der Waals surface area contributed by atoms with Gasteiger partial charge in [0.2, 0.25) is 0 Å². The van der Waals surface area contributed by atoms with Gasteiger partial charge in [0.05, 0.1) is 4.92 Å². The highest BCUT2D eigenvalue weighted by Gasteiger charge is 2.10. The number of carbonyl (C=O) groups is 2. The maximum absolute atomic E-state index is 12.0. The van der Waals surface area contributed by atoms with Crippen molar-refractivity contribution in [3.05, 3.63) is 69.8 Å². The van der Waals surface area contributed by atoms with Crippen molar-refractivity contribution in [1.29, 1.82) is 0 Å². The predicted octanol–water partition coefficient (Wildman–Crippen LogP) is 1.97. The number of rotatable bonds is 4. The third kappa shape index (κ3) is 3.44. The van der Waals surface area contributed by atoms with Gasteiger partial charge in [0.15, 0.2) is 0 Å². The molecule has 22 heavy (non-hydrogen) atoms. The highest BCUT2D eigenvalue weighted by molar-refractivity contribution is 6.04. The van der Waals surface area contributed by atoms with Crippen molar-refractivity contribution >= 4 is 23.2 Å². The van der Waals surface area contributed by atoms with Crippen LogP contribution in [-0.4, -0.2) is 21.9 Å². The highest BCUT2D eigenvalue weighted by atomic mass is 16.6. The number of nitro groups is 1. The van der Waals surface area contributed by atoms with E-state index in [-0.39, 0.29) is 16.8 Å². The number of amides is 2. The van der Waals surface area contributed by atoms with Crippen molar-refractivity contribution < 1.29 is 19.7 Å². The Kier molecular flexibility index (Phi) is 4.44. The average Bonchev–Trinajstić information content (AvgIpc) is 2.54. The van der Waals surface area contributed by atoms with Gasteiger partial charge in [0.1, 0.15) is 0 Å². The second kappa shape index (κ2) is 6.46. The molecule has 8 nitrogen and oxygen atoms in total. The molecule has 3 N–H and O–H groups in total. The lowest BCUT2D eigenvalue weighted by atomic mass is 10.1. The Hall–Kier alpha value is -3.26. The van der Waals surface area contributed by atoms with E-state index in [2.05, 4.69) is 5.32 Å². The Morgan fingerprint density at radius 2 is 1.41 bits per heavy atom. The number of nitro benzene ring substituents is 1. The molecule has 0 aliphatic rings. The van der Waals surface area contributed by atoms with E-state index in [1.54, 1.807) is 0 Å². The SMILES string of the molecule is O=C(NO)c1ccc(NC(=O)c2ccc([N+](=O)[O-])cc2)cc1. The van der Waals surface area contributed by atoms with Crippen molar-refractivity contribution in [3.63, 3.8) is 0 Å². The van der Waals surface area contributed by atoms with E-state index in [9.17, 15) is 19.7 Å². The summed E-state index contributed by atoms with van der Waals surface area (Å²) in [7, 11) is 0. The minimum absolute atomic E-state index is 0.101. The van der Waals surface area contributed by atoms with E-state index >= 15 is 0 Å². The lowest BCUT2D eigenvalue weighted by Gasteiger charge is -2.06. The predicted molar refractivity (Wildman–Crippen MR) is 76.7 cm³/mol. The van der Waals surface area contributed by atoms with E-state index in [1.165, 1.54) is 54.0 Å². The summed E-state index contributed by atoms with van der Waals surface area (Å²) in [5.41, 5.74) is 2.34. The number of anilines is 1. The van der Waals surface area contributed by atoms with Gasteiger partial charge in [0.25, 0.3) is 17.5 Å². The van der Waals surface area contributed by atoms with Crippen LogP contribution in [0.15, 0.2) is 48.5 Å². The number of carbonyl (C=O) groups excluding carboxylic acids is 2. The third-order valence-electron chi connectivity index (χ3n) is 2.85. The lowest BCUT2D eigenvalue weighted by Crippen LogP contribution is -2.18. The Labute approximate surface area is 124 Å². The second-order valence-corrected chi connectivity index (χ2v) is 4.28. The molecule has 112 valence electrons. The molecule has 2 amide bonds. The van der Waals surface area contributed by atoms with Crippen LogP contribution >= 0.6 is 0 Å². The van der Waals surface area contributed by atoms with Crippen molar-refractivity contribution in [2.24, 2.45) is 0 Å². The summed E-state index contributed by atoms with van der Waals surface area (Å²) in [5, 5.41) is 21.6. The number of hydrogen-bond donors (Lipinski definition) is 3. The highest BCUT2D eigenvalue weighted by Crippen LogP contribution is 2.14. The molecule has 0 atom stereocenters. The fourth-order valence-corrected chi connectivity index (χ4v) is 1.71. The number of nitrogens with zero attached hydrogens (tertiary/aromatic N) is 1. The smallest absolute Gasteiger partial charge is 0.274 e. The largest absolute Gasteiger partial charge is 0.322 e. The molecule has 0 saturated heterocycles. The molecule has 2 aromatic carbocycles. The van der Waals surface area contributed by atoms with Crippen LogP contribution in [0.3, 0.4) is 0 Å². The van der Waals surface area contributed by atoms with E-state index in [1.807, 2.05) is 0 Å². The van der Waals surface area contributed by atoms with Crippen LogP contribution in [0, 0.1) is 10.1 Å². The molecular formula is C14H11N3O5. The molecule has 0 heterocycles. The van der Waals surface area contributed by atoms with Crippen molar-refractivity contribution in [1.82, 2.24) is 5.48 Å². The maximum atomic E-state index is 12.0. The Balaban J connectivity index is 2.08. The fraction of sp³-hybridized carbons (Fsp3) is 0. The number of non-ortho nitro benzene ring substituents is 1. The topological polar surface area (TPSA) is 122 Å². The van der Waals surface area contributed by atoms with Crippen molar-refractivity contribution in [2.75, 3.05) is 5.32 Å². The number of hydrogen-bond acceptors (Lipinski definition) is 5. The van der Waals surface area contributed by atoms with E-state index in [0.29, 0.717) is 5.69 Å². The summed E-state index contributed by atoms with van der Waals surface area (Å²) in [6.45, 7) is 0. The minimum atomic E-state index is -0.659. The molecular weight excluding hydrogens is 290 g/mol. The molecule has 0 aromatic heterocycles. The molecule has 0 spiro atoms. The molecule has 0 radical (unpaired) electrons. The zero-order valence-corrected chi connectivity index (χ0v) is 11.1. The van der Waals surface area contributed by atoms with Crippen LogP contribution in [0.2, 0.25) is 0 Å². The van der Waals surface area contributed by atoms with Crippen LogP contribution in [0.4, 0.5) is 11.4 Å². The molecule has 0 fully saturated rings. The summed E-state index contributed by atoms with van der Waals surface area (Å²) < 4.78 is 0. The molecule has 2 aromatic rings. The van der Waals surface area contributed by atoms with Crippen LogP contribution in [0.1, 0.15) is 20.7 Å². The van der Waals surface area contributed by atoms with Gasteiger partial charge >= 0.3 is 0 Å². The Morgan fingerprint density at radius 1 is 0.909 bits per heavy atom. The van der Waals surface area contributed by atoms with Gasteiger partial charge in [-0.15, -0.1) is 0 Å². The first kappa shape index (κ1) is 15.1. The third-order valence-corrected chi connectivity index (χ3v) is 2.85. The van der Waals surface area contributed by atoms with Crippen LogP contribution in [-0.2, 0) is 0 Å². The molecule has 0 unspecified atom stereocenters. The monoisotopic (exact) mass is 301 g/mol. The van der Waals surface area contributed by atoms with E-state index < -0.39 is 16.7 Å². The number of nitrogens with one attached hydrogen (secondary N) is 2.